The molecule has 9 N–H and O–H groups in total. The molecule has 4 unspecified atom stereocenters. The Hall–Kier alpha value is -10.1. The molecule has 3 aromatic carbocycles. The van der Waals surface area contributed by atoms with E-state index in [2.05, 4.69) is 55.7 Å². The van der Waals surface area contributed by atoms with Gasteiger partial charge in [0.2, 0.25) is 11.8 Å². The van der Waals surface area contributed by atoms with Crippen LogP contribution in [0.25, 0.3) is 66.9 Å². The topological polar surface area (TPSA) is 340 Å². The first-order valence-electron chi connectivity index (χ1n) is 35.6. The molecule has 3 aliphatic carbocycles. The van der Waals surface area contributed by atoms with E-state index in [1.807, 2.05) is 112 Å². The Balaban J connectivity index is 0.000000128. The molecule has 10 heterocycles. The summed E-state index contributed by atoms with van der Waals surface area (Å²) in [7, 11) is 0. The Morgan fingerprint density at radius 2 is 0.840 bits per heavy atom. The number of nitrogens with zero attached hydrogens (tertiary/aromatic N) is 14. The first kappa shape index (κ1) is 67.1. The molecule has 16 rings (SSSR count). The van der Waals surface area contributed by atoms with Crippen molar-refractivity contribution in [2.24, 2.45) is 0 Å². The van der Waals surface area contributed by atoms with Crippen molar-refractivity contribution in [3.05, 3.63) is 133 Å². The number of carbonyl (C=O) groups excluding carboxylic acids is 3. The number of carbonyl (C=O) groups is 3. The molecular weight excluding hydrogens is 1260 g/mol. The predicted octanol–water partition coefficient (Wildman–Crippen LogP) is 10.2. The Bertz CT molecular complexity index is 4450. The zero-order valence-electron chi connectivity index (χ0n) is 56.6. The molecule has 3 saturated heterocycles. The molecule has 0 radical (unpaired) electrons. The van der Waals surface area contributed by atoms with Gasteiger partial charge in [0.05, 0.1) is 53.5 Å². The number of nitrogens with two attached hydrogens (primary N) is 3. The lowest BCUT2D eigenvalue weighted by atomic mass is 10.0. The minimum Gasteiger partial charge on any atom is -0.383 e. The molecule has 0 spiro atoms. The molecule has 6 aliphatic rings. The fourth-order valence-corrected chi connectivity index (χ4v) is 14.8. The van der Waals surface area contributed by atoms with Gasteiger partial charge in [0.15, 0.2) is 23.0 Å². The van der Waals surface area contributed by atoms with E-state index in [0.29, 0.717) is 81.5 Å². The second-order valence-corrected chi connectivity index (χ2v) is 27.0. The lowest BCUT2D eigenvalue weighted by molar-refractivity contribution is -0.140. The van der Waals surface area contributed by atoms with E-state index in [1.165, 1.54) is 57.5 Å². The maximum Gasteiger partial charge on any atom is 0.251 e. The number of hydrogen-bond acceptors (Lipinski definition) is 20. The van der Waals surface area contributed by atoms with Gasteiger partial charge in [0.25, 0.3) is 5.91 Å². The zero-order chi connectivity index (χ0) is 68.5. The third kappa shape index (κ3) is 15.1. The van der Waals surface area contributed by atoms with Crippen molar-refractivity contribution in [1.29, 1.82) is 0 Å². The normalized spacial score (nSPS) is 19.9. The number of ether oxygens (including phenoxy) is 3. The maximum absolute atomic E-state index is 12.8. The zero-order valence-corrected chi connectivity index (χ0v) is 56.6. The summed E-state index contributed by atoms with van der Waals surface area (Å²) in [4.78, 5) is 70.1. The molecule has 3 saturated carbocycles. The largest absolute Gasteiger partial charge is 0.383 e. The van der Waals surface area contributed by atoms with Crippen LogP contribution in [0.3, 0.4) is 0 Å². The van der Waals surface area contributed by atoms with Gasteiger partial charge in [-0.25, -0.2) is 48.9 Å². The quantitative estimate of drug-likeness (QED) is 0.0523. The van der Waals surface area contributed by atoms with Crippen molar-refractivity contribution in [1.82, 2.24) is 80.2 Å². The molecule has 3 aliphatic heterocycles. The van der Waals surface area contributed by atoms with E-state index in [4.69, 9.17) is 46.7 Å². The highest BCUT2D eigenvalue weighted by Crippen LogP contribution is 2.40. The van der Waals surface area contributed by atoms with Gasteiger partial charge >= 0.3 is 0 Å². The van der Waals surface area contributed by atoms with Gasteiger partial charge in [-0.05, 0) is 113 Å². The number of morpholine rings is 1. The number of hydrogen-bond donors (Lipinski definition) is 6. The maximum atomic E-state index is 12.8. The van der Waals surface area contributed by atoms with Crippen molar-refractivity contribution in [3.63, 3.8) is 0 Å². The van der Waals surface area contributed by atoms with E-state index in [0.717, 1.165) is 166 Å². The SMILES string of the molecule is CC1CCCC(C(=O)NCc2ccc(-c3nn(C4CCCC4)c4ncnc(N)c34)cc2)O1.Nc1ncnc2c1c(-c1ccc(CNC(=O)C3CCCCO3)cc1)nn2C1CCCC1.Nc1ncnc2c1c(-c1ccc(CNC(=O)C3CN(c4ccccn4)CCO3)cc1)nn2C1CCCC1. The van der Waals surface area contributed by atoms with Gasteiger partial charge in [0.1, 0.15) is 71.5 Å². The number of fused-ring (bicyclic) bond motifs is 3. The molecule has 3 amide bonds. The summed E-state index contributed by atoms with van der Waals surface area (Å²) in [6.07, 6.45) is 24.9. The second-order valence-electron chi connectivity index (χ2n) is 27.0. The van der Waals surface area contributed by atoms with Crippen LogP contribution >= 0.6 is 0 Å². The van der Waals surface area contributed by atoms with Crippen LogP contribution in [0.5, 0.6) is 0 Å². The van der Waals surface area contributed by atoms with Crippen LogP contribution < -0.4 is 38.1 Å². The number of benzene rings is 3. The number of nitrogen functional groups attached to an aromatic ring is 3. The van der Waals surface area contributed by atoms with Gasteiger partial charge in [-0.1, -0.05) is 117 Å². The average molecular weight is 1350 g/mol. The van der Waals surface area contributed by atoms with E-state index in [9.17, 15) is 14.4 Å². The molecular formula is C74H88N20O6. The van der Waals surface area contributed by atoms with Crippen molar-refractivity contribution in [2.45, 2.75) is 185 Å². The average Bonchev–Trinajstić information content (AvgIpc) is 1.62. The lowest BCUT2D eigenvalue weighted by Gasteiger charge is -2.32. The third-order valence-electron chi connectivity index (χ3n) is 20.2. The van der Waals surface area contributed by atoms with Crippen molar-refractivity contribution in [3.8, 4) is 33.8 Å². The number of aromatic nitrogens is 13. The number of rotatable bonds is 16. The Kier molecular flexibility index (Phi) is 20.8. The van der Waals surface area contributed by atoms with Gasteiger partial charge in [-0.3, -0.25) is 14.4 Å². The smallest absolute Gasteiger partial charge is 0.251 e. The van der Waals surface area contributed by atoms with Crippen LogP contribution in [0, 0.1) is 0 Å². The van der Waals surface area contributed by atoms with E-state index >= 15 is 0 Å². The summed E-state index contributed by atoms with van der Waals surface area (Å²) < 4.78 is 23.2. The van der Waals surface area contributed by atoms with Gasteiger partial charge in [-0.2, -0.15) is 15.3 Å². The Morgan fingerprint density at radius 3 is 1.24 bits per heavy atom. The number of nitrogens with one attached hydrogen (secondary N) is 3. The minimum atomic E-state index is -0.538. The molecule has 10 aromatic rings. The highest BCUT2D eigenvalue weighted by molar-refractivity contribution is 6.00. The second kappa shape index (κ2) is 31.0. The summed E-state index contributed by atoms with van der Waals surface area (Å²) in [6.45, 7) is 5.71. The first-order chi connectivity index (χ1) is 49.0. The van der Waals surface area contributed by atoms with Crippen molar-refractivity contribution >= 4 is 74.1 Å². The highest BCUT2D eigenvalue weighted by Gasteiger charge is 2.31. The summed E-state index contributed by atoms with van der Waals surface area (Å²) in [5.41, 5.74) is 29.4. The summed E-state index contributed by atoms with van der Waals surface area (Å²) in [6, 6.07) is 31.0. The Labute approximate surface area is 580 Å². The van der Waals surface area contributed by atoms with Crippen LogP contribution in [0.4, 0.5) is 23.3 Å². The monoisotopic (exact) mass is 1350 g/mol. The molecule has 520 valence electrons. The Morgan fingerprint density at radius 1 is 0.440 bits per heavy atom. The number of anilines is 4. The van der Waals surface area contributed by atoms with Crippen molar-refractivity contribution in [2.75, 3.05) is 48.4 Å². The molecule has 6 fully saturated rings. The molecule has 7 aromatic heterocycles. The summed E-state index contributed by atoms with van der Waals surface area (Å²) >= 11 is 0. The first-order valence-corrected chi connectivity index (χ1v) is 35.6. The fraction of sp³-hybridized carbons (Fsp3) is 0.446. The van der Waals surface area contributed by atoms with Crippen LogP contribution in [0.15, 0.2) is 116 Å². The van der Waals surface area contributed by atoms with Crippen LogP contribution in [-0.4, -0.2) is 133 Å². The minimum absolute atomic E-state index is 0.0324. The fourth-order valence-electron chi connectivity index (χ4n) is 14.8. The van der Waals surface area contributed by atoms with E-state index in [1.54, 1.807) is 6.20 Å². The van der Waals surface area contributed by atoms with Crippen molar-refractivity contribution < 1.29 is 28.6 Å². The molecule has 0 bridgehead atoms. The molecule has 4 atom stereocenters. The van der Waals surface area contributed by atoms with Gasteiger partial charge < -0.3 is 52.3 Å². The summed E-state index contributed by atoms with van der Waals surface area (Å²) in [5, 5.41) is 26.2. The summed E-state index contributed by atoms with van der Waals surface area (Å²) in [5.74, 6) is 2.00. The standard InChI is InChI=1S/C27H30N8O2.C24H30N6O2.C23H28N6O2/c28-25-23-24(33-35(20-5-1-2-6-20)26(23)32-17-31-25)19-10-8-18(9-11-19)15-30-27(36)21-16-34(13-14-37-21)22-7-3-4-12-29-22;1-15-5-4-8-19(32-15)24(31)26-13-16-9-11-17(12-10-16)21-20-22(25)27-14-28-23(20)30(29-21)18-6-2-3-7-18;24-21-19-20(28-29(17-5-1-2-6-17)22(19)27-14-26-21)16-10-8-15(9-11-16)13-25-23(30)18-7-3-4-12-31-18/h3-4,7-12,17,20-21H,1-2,5-6,13-16H2,(H,30,36)(H2,28,31,32);9-12,14-15,18-19H,2-8,13H2,1H3,(H,26,31)(H2,25,27,28);8-11,14,17-18H,1-7,12-13H2,(H,25,30)(H2,24,26,27). The highest BCUT2D eigenvalue weighted by atomic mass is 16.5. The third-order valence-corrected chi connectivity index (χ3v) is 20.2. The predicted molar refractivity (Wildman–Crippen MR) is 382 cm³/mol. The van der Waals surface area contributed by atoms with Gasteiger partial charge in [-0.15, -0.1) is 0 Å². The number of amides is 3. The molecule has 26 heteroatoms. The van der Waals surface area contributed by atoms with Crippen LogP contribution in [-0.2, 0) is 48.2 Å². The van der Waals surface area contributed by atoms with E-state index in [-0.39, 0.29) is 36.0 Å². The molecule has 100 heavy (non-hydrogen) atoms. The van der Waals surface area contributed by atoms with Crippen LogP contribution in [0.2, 0.25) is 0 Å². The lowest BCUT2D eigenvalue weighted by Crippen LogP contribution is -2.50. The van der Waals surface area contributed by atoms with Crippen LogP contribution in [0.1, 0.15) is 157 Å². The molecule has 26 nitrogen and oxygen atoms in total. The van der Waals surface area contributed by atoms with Gasteiger partial charge in [0, 0.05) is 55.7 Å². The van der Waals surface area contributed by atoms with E-state index < -0.39 is 6.10 Å². The number of pyridine rings is 1.